The number of benzene rings is 4. The van der Waals surface area contributed by atoms with Crippen LogP contribution in [0.25, 0.3) is 38.6 Å². The lowest BCUT2D eigenvalue weighted by Gasteiger charge is -2.12. The third kappa shape index (κ3) is 2.33. The van der Waals surface area contributed by atoms with E-state index in [0.717, 1.165) is 16.3 Å². The van der Waals surface area contributed by atoms with Crippen molar-refractivity contribution in [2.24, 2.45) is 0 Å². The van der Waals surface area contributed by atoms with Crippen LogP contribution in [0.2, 0.25) is 5.02 Å². The van der Waals surface area contributed by atoms with Gasteiger partial charge in [0.15, 0.2) is 0 Å². The summed E-state index contributed by atoms with van der Waals surface area (Å²) < 4.78 is 2.34. The molecule has 0 aliphatic heterocycles. The second kappa shape index (κ2) is 6.05. The molecule has 0 fully saturated rings. The molecule has 0 spiro atoms. The van der Waals surface area contributed by atoms with Crippen LogP contribution in [0.4, 0.5) is 0 Å². The summed E-state index contributed by atoms with van der Waals surface area (Å²) in [5.74, 6) is 0. The zero-order valence-electron chi connectivity index (χ0n) is 14.1. The molecule has 4 aromatic carbocycles. The van der Waals surface area contributed by atoms with Crippen molar-refractivity contribution in [2.75, 3.05) is 0 Å². The van der Waals surface area contributed by atoms with Crippen LogP contribution < -0.4 is 0 Å². The predicted octanol–water partition coefficient (Wildman–Crippen LogP) is 7.10. The first-order chi connectivity index (χ1) is 12.8. The second-order valence-electron chi connectivity index (χ2n) is 6.40. The first kappa shape index (κ1) is 15.2. The Balaban J connectivity index is 2.02. The lowest BCUT2D eigenvalue weighted by atomic mass is 10.0. The monoisotopic (exact) mass is 353 g/mol. The van der Waals surface area contributed by atoms with Crippen LogP contribution in [0.15, 0.2) is 97.1 Å². The van der Waals surface area contributed by atoms with E-state index in [-0.39, 0.29) is 0 Å². The van der Waals surface area contributed by atoms with Crippen LogP contribution in [0, 0.1) is 0 Å². The number of rotatable bonds is 2. The number of aromatic nitrogens is 1. The molecule has 0 unspecified atom stereocenters. The predicted molar refractivity (Wildman–Crippen MR) is 111 cm³/mol. The number of hydrogen-bond donors (Lipinski definition) is 0. The highest BCUT2D eigenvalue weighted by molar-refractivity contribution is 6.32. The maximum absolute atomic E-state index is 6.52. The van der Waals surface area contributed by atoms with Crippen molar-refractivity contribution < 1.29 is 0 Å². The molecule has 5 aromatic rings. The van der Waals surface area contributed by atoms with Crippen LogP contribution in [-0.4, -0.2) is 4.57 Å². The summed E-state index contributed by atoms with van der Waals surface area (Å²) in [6, 6.07) is 33.6. The molecule has 0 radical (unpaired) electrons. The molecule has 1 nitrogen and oxygen atoms in total. The number of fused-ring (bicyclic) bond motifs is 3. The summed E-state index contributed by atoms with van der Waals surface area (Å²) in [4.78, 5) is 0. The fourth-order valence-corrected chi connectivity index (χ4v) is 3.96. The van der Waals surface area contributed by atoms with E-state index in [1.165, 1.54) is 27.4 Å². The number of nitrogens with zero attached hydrogens (tertiary/aromatic N) is 1. The minimum Gasteiger partial charge on any atom is -0.309 e. The van der Waals surface area contributed by atoms with Gasteiger partial charge in [-0.3, -0.25) is 0 Å². The Morgan fingerprint density at radius 1 is 0.615 bits per heavy atom. The standard InChI is InChI=1S/C24H16ClN/c25-18-15-21(17-9-3-1-4-10-17)24-22(16-18)20-13-7-8-14-23(20)26(24)19-11-5-2-6-12-19/h1-16H. The van der Waals surface area contributed by atoms with Crippen molar-refractivity contribution in [3.8, 4) is 16.8 Å². The van der Waals surface area contributed by atoms with E-state index >= 15 is 0 Å². The van der Waals surface area contributed by atoms with Gasteiger partial charge in [-0.2, -0.15) is 0 Å². The molecule has 0 bridgehead atoms. The Labute approximate surface area is 157 Å². The molecule has 0 N–H and O–H groups in total. The van der Waals surface area contributed by atoms with Crippen LogP contribution >= 0.6 is 11.6 Å². The maximum atomic E-state index is 6.52. The van der Waals surface area contributed by atoms with E-state index in [4.69, 9.17) is 11.6 Å². The van der Waals surface area contributed by atoms with E-state index in [2.05, 4.69) is 89.5 Å². The molecule has 0 aliphatic carbocycles. The number of para-hydroxylation sites is 2. The fourth-order valence-electron chi connectivity index (χ4n) is 3.75. The van der Waals surface area contributed by atoms with Gasteiger partial charge in [-0.05, 0) is 35.9 Å². The Bertz CT molecular complexity index is 1220. The van der Waals surface area contributed by atoms with E-state index in [0.29, 0.717) is 0 Å². The quantitative estimate of drug-likeness (QED) is 0.319. The summed E-state index contributed by atoms with van der Waals surface area (Å²) in [5, 5.41) is 3.15. The highest BCUT2D eigenvalue weighted by atomic mass is 35.5. The van der Waals surface area contributed by atoms with Gasteiger partial charge in [-0.15, -0.1) is 0 Å². The van der Waals surface area contributed by atoms with Gasteiger partial charge in [0.2, 0.25) is 0 Å². The molecule has 1 aromatic heterocycles. The molecule has 0 amide bonds. The van der Waals surface area contributed by atoms with Crippen molar-refractivity contribution in [3.63, 3.8) is 0 Å². The van der Waals surface area contributed by atoms with Gasteiger partial charge in [0.05, 0.1) is 11.0 Å². The molecule has 26 heavy (non-hydrogen) atoms. The van der Waals surface area contributed by atoms with E-state index < -0.39 is 0 Å². The molecule has 0 aliphatic rings. The lowest BCUT2D eigenvalue weighted by Crippen LogP contribution is -1.95. The molecule has 0 atom stereocenters. The second-order valence-corrected chi connectivity index (χ2v) is 6.84. The number of hydrogen-bond acceptors (Lipinski definition) is 0. The minimum absolute atomic E-state index is 0.757. The average molecular weight is 354 g/mol. The lowest BCUT2D eigenvalue weighted by molar-refractivity contribution is 1.18. The van der Waals surface area contributed by atoms with Gasteiger partial charge in [-0.1, -0.05) is 78.3 Å². The van der Waals surface area contributed by atoms with Crippen LogP contribution in [0.3, 0.4) is 0 Å². The highest BCUT2D eigenvalue weighted by Crippen LogP contribution is 2.39. The van der Waals surface area contributed by atoms with E-state index in [9.17, 15) is 0 Å². The van der Waals surface area contributed by atoms with Gasteiger partial charge >= 0.3 is 0 Å². The first-order valence-corrected chi connectivity index (χ1v) is 9.04. The Hall–Kier alpha value is -3.03. The van der Waals surface area contributed by atoms with Crippen LogP contribution in [-0.2, 0) is 0 Å². The zero-order chi connectivity index (χ0) is 17.5. The van der Waals surface area contributed by atoms with Crippen LogP contribution in [0.5, 0.6) is 0 Å². The number of halogens is 1. The summed E-state index contributed by atoms with van der Waals surface area (Å²) in [6.07, 6.45) is 0. The van der Waals surface area contributed by atoms with Crippen molar-refractivity contribution in [1.82, 2.24) is 4.57 Å². The normalized spacial score (nSPS) is 11.3. The summed E-state index contributed by atoms with van der Waals surface area (Å²) in [5.41, 5.74) is 5.84. The fraction of sp³-hybridized carbons (Fsp3) is 0. The topological polar surface area (TPSA) is 4.93 Å². The third-order valence-corrected chi connectivity index (χ3v) is 5.05. The van der Waals surface area contributed by atoms with Gasteiger partial charge in [-0.25, -0.2) is 0 Å². The molecule has 0 saturated heterocycles. The molecule has 1 heterocycles. The summed E-state index contributed by atoms with van der Waals surface area (Å²) in [7, 11) is 0. The Morgan fingerprint density at radius 2 is 1.27 bits per heavy atom. The SMILES string of the molecule is Clc1cc(-c2ccccc2)c2c(c1)c1ccccc1n2-c1ccccc1. The van der Waals surface area contributed by atoms with Gasteiger partial charge in [0, 0.05) is 27.0 Å². The molecule has 2 heteroatoms. The van der Waals surface area contributed by atoms with Gasteiger partial charge in [0.25, 0.3) is 0 Å². The molecule has 0 saturated carbocycles. The maximum Gasteiger partial charge on any atom is 0.0620 e. The molecule has 124 valence electrons. The third-order valence-electron chi connectivity index (χ3n) is 4.83. The minimum atomic E-state index is 0.757. The van der Waals surface area contributed by atoms with E-state index in [1.807, 2.05) is 12.1 Å². The highest BCUT2D eigenvalue weighted by Gasteiger charge is 2.17. The molecular formula is C24H16ClN. The van der Waals surface area contributed by atoms with Gasteiger partial charge in [0.1, 0.15) is 0 Å². The molecule has 5 rings (SSSR count). The molecular weight excluding hydrogens is 338 g/mol. The average Bonchev–Trinajstić information content (AvgIpc) is 3.03. The summed E-state index contributed by atoms with van der Waals surface area (Å²) in [6.45, 7) is 0. The van der Waals surface area contributed by atoms with Crippen molar-refractivity contribution in [1.29, 1.82) is 0 Å². The summed E-state index contributed by atoms with van der Waals surface area (Å²) >= 11 is 6.52. The van der Waals surface area contributed by atoms with E-state index in [1.54, 1.807) is 0 Å². The smallest absolute Gasteiger partial charge is 0.0620 e. The zero-order valence-corrected chi connectivity index (χ0v) is 14.8. The Kier molecular flexibility index (Phi) is 3.55. The largest absolute Gasteiger partial charge is 0.309 e. The van der Waals surface area contributed by atoms with Crippen LogP contribution in [0.1, 0.15) is 0 Å². The first-order valence-electron chi connectivity index (χ1n) is 8.66. The van der Waals surface area contributed by atoms with Gasteiger partial charge < -0.3 is 4.57 Å². The van der Waals surface area contributed by atoms with Crippen molar-refractivity contribution in [3.05, 3.63) is 102 Å². The van der Waals surface area contributed by atoms with Crippen molar-refractivity contribution in [2.45, 2.75) is 0 Å². The Morgan fingerprint density at radius 3 is 2.04 bits per heavy atom. The van der Waals surface area contributed by atoms with Crippen molar-refractivity contribution >= 4 is 33.4 Å².